The highest BCUT2D eigenvalue weighted by Gasteiger charge is 2.19. The van der Waals surface area contributed by atoms with E-state index in [4.69, 9.17) is 0 Å². The Balaban J connectivity index is 1.29. The molecule has 130 valence electrons. The molecule has 0 atom stereocenters. The Labute approximate surface area is 146 Å². The summed E-state index contributed by atoms with van der Waals surface area (Å²) in [6, 6.07) is 10.1. The number of hydrogen-bond donors (Lipinski definition) is 1. The van der Waals surface area contributed by atoms with Crippen molar-refractivity contribution in [2.45, 2.75) is 20.0 Å². The van der Waals surface area contributed by atoms with E-state index >= 15 is 0 Å². The van der Waals surface area contributed by atoms with Gasteiger partial charge in [0, 0.05) is 26.2 Å². The van der Waals surface area contributed by atoms with Gasteiger partial charge in [-0.1, -0.05) is 18.2 Å². The summed E-state index contributed by atoms with van der Waals surface area (Å²) >= 11 is 0. The van der Waals surface area contributed by atoms with Gasteiger partial charge in [-0.15, -0.1) is 5.10 Å². The van der Waals surface area contributed by atoms with E-state index in [2.05, 4.69) is 35.1 Å². The number of nitrogens with zero attached hydrogens (tertiary/aromatic N) is 7. The van der Waals surface area contributed by atoms with Crippen LogP contribution in [0.1, 0.15) is 17.5 Å². The number of piperazine rings is 1. The molecule has 0 aliphatic carbocycles. The maximum absolute atomic E-state index is 4.59. The Morgan fingerprint density at radius 2 is 1.64 bits per heavy atom. The molecule has 25 heavy (non-hydrogen) atoms. The molecule has 4 rings (SSSR count). The summed E-state index contributed by atoms with van der Waals surface area (Å²) in [4.78, 5) is 13.6. The average Bonchev–Trinajstić information content (AvgIpc) is 3.27. The van der Waals surface area contributed by atoms with Gasteiger partial charge in [-0.2, -0.15) is 5.10 Å². The van der Waals surface area contributed by atoms with Gasteiger partial charge in [-0.25, -0.2) is 14.6 Å². The van der Waals surface area contributed by atoms with Gasteiger partial charge < -0.3 is 0 Å². The molecule has 0 saturated carbocycles. The lowest BCUT2D eigenvalue weighted by atomic mass is 10.3. The molecule has 0 spiro atoms. The summed E-state index contributed by atoms with van der Waals surface area (Å²) in [5, 5.41) is 11.7. The first-order chi connectivity index (χ1) is 12.3. The number of aryl methyl sites for hydroxylation is 1. The molecular weight excluding hydrogens is 316 g/mol. The molecular formula is C17H22N8. The molecule has 3 heterocycles. The average molecular weight is 338 g/mol. The molecule has 1 N–H and O–H groups in total. The van der Waals surface area contributed by atoms with Crippen LogP contribution < -0.4 is 0 Å². The molecule has 3 aromatic rings. The van der Waals surface area contributed by atoms with Crippen LogP contribution in [-0.4, -0.2) is 65.9 Å². The van der Waals surface area contributed by atoms with Gasteiger partial charge >= 0.3 is 0 Å². The van der Waals surface area contributed by atoms with Crippen LogP contribution in [0.3, 0.4) is 0 Å². The zero-order valence-electron chi connectivity index (χ0n) is 14.3. The van der Waals surface area contributed by atoms with E-state index in [0.717, 1.165) is 62.4 Å². The van der Waals surface area contributed by atoms with Gasteiger partial charge in [-0.3, -0.25) is 14.9 Å². The van der Waals surface area contributed by atoms with Crippen LogP contribution in [0.15, 0.2) is 36.7 Å². The second kappa shape index (κ2) is 7.12. The topological polar surface area (TPSA) is 78.8 Å². The Morgan fingerprint density at radius 1 is 0.960 bits per heavy atom. The number of aromatic nitrogens is 6. The van der Waals surface area contributed by atoms with Crippen molar-refractivity contribution < 1.29 is 0 Å². The number of benzene rings is 1. The highest BCUT2D eigenvalue weighted by molar-refractivity contribution is 5.29. The summed E-state index contributed by atoms with van der Waals surface area (Å²) in [5.74, 6) is 2.60. The molecule has 2 aromatic heterocycles. The lowest BCUT2D eigenvalue weighted by Gasteiger charge is -2.33. The van der Waals surface area contributed by atoms with Crippen molar-refractivity contribution in [3.8, 4) is 5.69 Å². The van der Waals surface area contributed by atoms with Crippen LogP contribution in [-0.2, 0) is 13.1 Å². The molecule has 0 amide bonds. The van der Waals surface area contributed by atoms with Crippen LogP contribution in [0.5, 0.6) is 0 Å². The van der Waals surface area contributed by atoms with Crippen LogP contribution in [0.25, 0.3) is 5.69 Å². The summed E-state index contributed by atoms with van der Waals surface area (Å²) in [6.07, 6.45) is 1.78. The van der Waals surface area contributed by atoms with E-state index in [1.54, 1.807) is 6.33 Å². The highest BCUT2D eigenvalue weighted by atomic mass is 15.4. The Morgan fingerprint density at radius 3 is 2.28 bits per heavy atom. The Hall–Kier alpha value is -2.58. The van der Waals surface area contributed by atoms with Crippen LogP contribution in [0.4, 0.5) is 0 Å². The van der Waals surface area contributed by atoms with Crippen molar-refractivity contribution in [3.05, 3.63) is 54.1 Å². The number of aromatic amines is 1. The van der Waals surface area contributed by atoms with Crippen LogP contribution in [0.2, 0.25) is 0 Å². The monoisotopic (exact) mass is 338 g/mol. The number of nitrogens with one attached hydrogen (secondary N) is 1. The van der Waals surface area contributed by atoms with E-state index in [0.29, 0.717) is 0 Å². The highest BCUT2D eigenvalue weighted by Crippen LogP contribution is 2.09. The number of H-pyrrole nitrogens is 1. The van der Waals surface area contributed by atoms with Crippen molar-refractivity contribution in [1.29, 1.82) is 0 Å². The Kier molecular flexibility index (Phi) is 4.53. The predicted molar refractivity (Wildman–Crippen MR) is 93.0 cm³/mol. The fraction of sp³-hybridized carbons (Fsp3) is 0.412. The summed E-state index contributed by atoms with van der Waals surface area (Å²) in [7, 11) is 0. The molecule has 1 aliphatic rings. The Bertz CT molecular complexity index is 801. The largest absolute Gasteiger partial charge is 0.293 e. The molecule has 1 aliphatic heterocycles. The lowest BCUT2D eigenvalue weighted by molar-refractivity contribution is 0.118. The minimum atomic E-state index is 0.785. The van der Waals surface area contributed by atoms with E-state index in [-0.39, 0.29) is 0 Å². The number of para-hydroxylation sites is 1. The van der Waals surface area contributed by atoms with Crippen LogP contribution in [0, 0.1) is 6.92 Å². The molecule has 8 heteroatoms. The number of rotatable bonds is 5. The fourth-order valence-electron chi connectivity index (χ4n) is 3.04. The van der Waals surface area contributed by atoms with Gasteiger partial charge in [0.2, 0.25) is 0 Å². The second-order valence-corrected chi connectivity index (χ2v) is 6.33. The normalized spacial score (nSPS) is 16.4. The lowest BCUT2D eigenvalue weighted by Crippen LogP contribution is -2.45. The minimum Gasteiger partial charge on any atom is -0.293 e. The van der Waals surface area contributed by atoms with Gasteiger partial charge in [0.05, 0.1) is 18.8 Å². The van der Waals surface area contributed by atoms with Gasteiger partial charge in [0.15, 0.2) is 11.6 Å². The third-order valence-electron chi connectivity index (χ3n) is 4.40. The van der Waals surface area contributed by atoms with E-state index in [9.17, 15) is 0 Å². The maximum atomic E-state index is 4.59. The third-order valence-corrected chi connectivity index (χ3v) is 4.40. The predicted octanol–water partition coefficient (Wildman–Crippen LogP) is 1.01. The maximum Gasteiger partial charge on any atom is 0.164 e. The molecule has 1 aromatic carbocycles. The number of hydrogen-bond acceptors (Lipinski definition) is 6. The third kappa shape index (κ3) is 3.92. The van der Waals surface area contributed by atoms with Gasteiger partial charge in [0.1, 0.15) is 12.2 Å². The molecule has 0 unspecified atom stereocenters. The van der Waals surface area contributed by atoms with Crippen molar-refractivity contribution in [1.82, 2.24) is 39.7 Å². The van der Waals surface area contributed by atoms with E-state index in [1.165, 1.54) is 0 Å². The summed E-state index contributed by atoms with van der Waals surface area (Å²) < 4.78 is 1.83. The summed E-state index contributed by atoms with van der Waals surface area (Å²) in [5.41, 5.74) is 1.04. The van der Waals surface area contributed by atoms with Gasteiger partial charge in [0.25, 0.3) is 0 Å². The second-order valence-electron chi connectivity index (χ2n) is 6.33. The smallest absolute Gasteiger partial charge is 0.164 e. The van der Waals surface area contributed by atoms with E-state index < -0.39 is 0 Å². The first-order valence-corrected chi connectivity index (χ1v) is 8.55. The van der Waals surface area contributed by atoms with E-state index in [1.807, 2.05) is 41.9 Å². The van der Waals surface area contributed by atoms with Crippen molar-refractivity contribution in [2.75, 3.05) is 26.2 Å². The first-order valence-electron chi connectivity index (χ1n) is 8.55. The molecule has 0 bridgehead atoms. The van der Waals surface area contributed by atoms with Crippen LogP contribution >= 0.6 is 0 Å². The zero-order chi connectivity index (χ0) is 17.1. The summed E-state index contributed by atoms with van der Waals surface area (Å²) in [6.45, 7) is 7.54. The first kappa shape index (κ1) is 15.9. The quantitative estimate of drug-likeness (QED) is 0.748. The SMILES string of the molecule is Cc1nc(CN2CCN(Cc3ncn(-c4ccccc4)n3)CC2)n[nH]1. The standard InChI is InChI=1S/C17H22N8/c1-14-19-17(21-20-14)12-24-9-7-23(8-10-24)11-16-18-13-25(22-16)15-5-3-2-4-6-15/h2-6,13H,7-12H2,1H3,(H,19,20,21). The van der Waals surface area contributed by atoms with Gasteiger partial charge in [-0.05, 0) is 19.1 Å². The zero-order valence-corrected chi connectivity index (χ0v) is 14.3. The molecule has 8 nitrogen and oxygen atoms in total. The molecule has 1 fully saturated rings. The molecule has 0 radical (unpaired) electrons. The fourth-order valence-corrected chi connectivity index (χ4v) is 3.04. The van der Waals surface area contributed by atoms with Crippen molar-refractivity contribution >= 4 is 0 Å². The van der Waals surface area contributed by atoms with Crippen molar-refractivity contribution in [2.24, 2.45) is 0 Å². The molecule has 1 saturated heterocycles. The minimum absolute atomic E-state index is 0.785. The van der Waals surface area contributed by atoms with Crippen molar-refractivity contribution in [3.63, 3.8) is 0 Å².